The number of hydrogen-bond donors (Lipinski definition) is 0. The Bertz CT molecular complexity index is 370. The smallest absolute Gasteiger partial charge is 0.122 e. The summed E-state index contributed by atoms with van der Waals surface area (Å²) >= 11 is 0. The van der Waals surface area contributed by atoms with Crippen LogP contribution in [0.2, 0.25) is 0 Å². The second-order valence-corrected chi connectivity index (χ2v) is 4.88. The van der Waals surface area contributed by atoms with Crippen molar-refractivity contribution in [2.45, 2.75) is 25.7 Å². The Morgan fingerprint density at radius 1 is 1.17 bits per heavy atom. The standard InChI is InChI=1S/C15H23NO2/c1-4-16-7-5-6-12(11-16)13-8-14(17-2)10-15(9-13)18-3/h8-10,12H,4-7,11H2,1-3H3. The molecule has 1 heterocycles. The summed E-state index contributed by atoms with van der Waals surface area (Å²) in [5, 5.41) is 0. The summed E-state index contributed by atoms with van der Waals surface area (Å²) in [7, 11) is 3.41. The van der Waals surface area contributed by atoms with Crippen LogP contribution in [0.1, 0.15) is 31.2 Å². The van der Waals surface area contributed by atoms with Crippen LogP contribution < -0.4 is 9.47 Å². The molecule has 3 heteroatoms. The Labute approximate surface area is 110 Å². The molecule has 2 rings (SSSR count). The third-order valence-electron chi connectivity index (χ3n) is 3.80. The highest BCUT2D eigenvalue weighted by atomic mass is 16.5. The fraction of sp³-hybridized carbons (Fsp3) is 0.600. The van der Waals surface area contributed by atoms with E-state index in [-0.39, 0.29) is 0 Å². The summed E-state index contributed by atoms with van der Waals surface area (Å²) in [6.45, 7) is 5.74. The highest BCUT2D eigenvalue weighted by Gasteiger charge is 2.21. The number of rotatable bonds is 4. The third-order valence-corrected chi connectivity index (χ3v) is 3.80. The minimum atomic E-state index is 0.600. The maximum atomic E-state index is 5.35. The first-order valence-corrected chi connectivity index (χ1v) is 6.72. The van der Waals surface area contributed by atoms with Gasteiger partial charge in [0.15, 0.2) is 0 Å². The number of methoxy groups -OCH3 is 2. The van der Waals surface area contributed by atoms with Gasteiger partial charge in [0.05, 0.1) is 14.2 Å². The van der Waals surface area contributed by atoms with Gasteiger partial charge in [-0.2, -0.15) is 0 Å². The van der Waals surface area contributed by atoms with Crippen LogP contribution in [0.5, 0.6) is 11.5 Å². The van der Waals surface area contributed by atoms with E-state index in [4.69, 9.17) is 9.47 Å². The van der Waals surface area contributed by atoms with Gasteiger partial charge in [0, 0.05) is 12.6 Å². The first-order chi connectivity index (χ1) is 8.76. The van der Waals surface area contributed by atoms with Crippen LogP contribution in [0.25, 0.3) is 0 Å². The topological polar surface area (TPSA) is 21.7 Å². The lowest BCUT2D eigenvalue weighted by Gasteiger charge is -2.32. The van der Waals surface area contributed by atoms with E-state index < -0.39 is 0 Å². The summed E-state index contributed by atoms with van der Waals surface area (Å²) in [6, 6.07) is 6.22. The molecular formula is C15H23NO2. The van der Waals surface area contributed by atoms with Crippen LogP contribution in [0.4, 0.5) is 0 Å². The first kappa shape index (κ1) is 13.2. The zero-order valence-electron chi connectivity index (χ0n) is 11.6. The van der Waals surface area contributed by atoms with E-state index in [1.54, 1.807) is 14.2 Å². The van der Waals surface area contributed by atoms with Crippen LogP contribution in [0, 0.1) is 0 Å². The molecule has 0 amide bonds. The van der Waals surface area contributed by atoms with Gasteiger partial charge in [0.1, 0.15) is 11.5 Å². The molecule has 0 bridgehead atoms. The number of likely N-dealkylation sites (N-methyl/N-ethyl adjacent to an activating group) is 1. The van der Waals surface area contributed by atoms with Gasteiger partial charge >= 0.3 is 0 Å². The minimum Gasteiger partial charge on any atom is -0.497 e. The van der Waals surface area contributed by atoms with Crippen molar-refractivity contribution in [1.82, 2.24) is 4.90 Å². The van der Waals surface area contributed by atoms with Crippen LogP contribution >= 0.6 is 0 Å². The number of likely N-dealkylation sites (tertiary alicyclic amines) is 1. The quantitative estimate of drug-likeness (QED) is 0.819. The number of piperidine rings is 1. The fourth-order valence-electron chi connectivity index (χ4n) is 2.68. The predicted molar refractivity (Wildman–Crippen MR) is 73.6 cm³/mol. The van der Waals surface area contributed by atoms with E-state index >= 15 is 0 Å². The molecule has 18 heavy (non-hydrogen) atoms. The summed E-state index contributed by atoms with van der Waals surface area (Å²) in [5.41, 5.74) is 1.34. The molecule has 1 aliphatic heterocycles. The molecule has 1 atom stereocenters. The van der Waals surface area contributed by atoms with Gasteiger partial charge in [-0.3, -0.25) is 0 Å². The highest BCUT2D eigenvalue weighted by Crippen LogP contribution is 2.32. The fourth-order valence-corrected chi connectivity index (χ4v) is 2.68. The van der Waals surface area contributed by atoms with E-state index in [0.29, 0.717) is 5.92 Å². The normalized spacial score (nSPS) is 20.7. The molecule has 1 saturated heterocycles. The van der Waals surface area contributed by atoms with Crippen LogP contribution in [-0.2, 0) is 0 Å². The molecule has 0 spiro atoms. The zero-order chi connectivity index (χ0) is 13.0. The summed E-state index contributed by atoms with van der Waals surface area (Å²) < 4.78 is 10.7. The second-order valence-electron chi connectivity index (χ2n) is 4.88. The third kappa shape index (κ3) is 2.96. The molecule has 3 nitrogen and oxygen atoms in total. The summed E-state index contributed by atoms with van der Waals surface area (Å²) in [4.78, 5) is 2.51. The lowest BCUT2D eigenvalue weighted by Crippen LogP contribution is -2.34. The maximum Gasteiger partial charge on any atom is 0.122 e. The van der Waals surface area contributed by atoms with Crippen molar-refractivity contribution in [2.75, 3.05) is 33.9 Å². The largest absolute Gasteiger partial charge is 0.497 e. The summed E-state index contributed by atoms with van der Waals surface area (Å²) in [5.74, 6) is 2.37. The average molecular weight is 249 g/mol. The first-order valence-electron chi connectivity index (χ1n) is 6.72. The number of hydrogen-bond acceptors (Lipinski definition) is 3. The van der Waals surface area contributed by atoms with E-state index in [1.165, 1.54) is 24.9 Å². The summed E-state index contributed by atoms with van der Waals surface area (Å²) in [6.07, 6.45) is 2.53. The molecule has 1 aromatic rings. The number of nitrogens with zero attached hydrogens (tertiary/aromatic N) is 1. The molecule has 0 saturated carbocycles. The van der Waals surface area contributed by atoms with Gasteiger partial charge in [-0.15, -0.1) is 0 Å². The van der Waals surface area contributed by atoms with Gasteiger partial charge in [0.2, 0.25) is 0 Å². The van der Waals surface area contributed by atoms with Crippen molar-refractivity contribution in [3.63, 3.8) is 0 Å². The Kier molecular flexibility index (Phi) is 4.48. The van der Waals surface area contributed by atoms with E-state index in [1.807, 2.05) is 6.07 Å². The molecular weight excluding hydrogens is 226 g/mol. The van der Waals surface area contributed by atoms with E-state index in [2.05, 4.69) is 24.0 Å². The van der Waals surface area contributed by atoms with Crippen molar-refractivity contribution in [3.8, 4) is 11.5 Å². The maximum absolute atomic E-state index is 5.35. The number of benzene rings is 1. The molecule has 1 aliphatic rings. The molecule has 0 radical (unpaired) electrons. The van der Waals surface area contributed by atoms with Crippen molar-refractivity contribution in [1.29, 1.82) is 0 Å². The van der Waals surface area contributed by atoms with Crippen molar-refractivity contribution in [2.24, 2.45) is 0 Å². The minimum absolute atomic E-state index is 0.600. The molecule has 100 valence electrons. The Morgan fingerprint density at radius 2 is 1.83 bits per heavy atom. The van der Waals surface area contributed by atoms with Crippen LogP contribution in [-0.4, -0.2) is 38.8 Å². The molecule has 0 N–H and O–H groups in total. The van der Waals surface area contributed by atoms with Crippen molar-refractivity contribution >= 4 is 0 Å². The predicted octanol–water partition coefficient (Wildman–Crippen LogP) is 2.90. The molecule has 0 aliphatic carbocycles. The monoisotopic (exact) mass is 249 g/mol. The molecule has 1 unspecified atom stereocenters. The van der Waals surface area contributed by atoms with E-state index in [9.17, 15) is 0 Å². The molecule has 0 aromatic heterocycles. The number of ether oxygens (including phenoxy) is 2. The SMILES string of the molecule is CCN1CCCC(c2cc(OC)cc(OC)c2)C1. The van der Waals surface area contributed by atoms with Gasteiger partial charge in [-0.05, 0) is 49.5 Å². The molecule has 1 aromatic carbocycles. The van der Waals surface area contributed by atoms with Gasteiger partial charge < -0.3 is 14.4 Å². The van der Waals surface area contributed by atoms with Gasteiger partial charge in [0.25, 0.3) is 0 Å². The van der Waals surface area contributed by atoms with Crippen LogP contribution in [0.3, 0.4) is 0 Å². The van der Waals surface area contributed by atoms with Crippen molar-refractivity contribution in [3.05, 3.63) is 23.8 Å². The van der Waals surface area contributed by atoms with Crippen molar-refractivity contribution < 1.29 is 9.47 Å². The van der Waals surface area contributed by atoms with Crippen LogP contribution in [0.15, 0.2) is 18.2 Å². The Morgan fingerprint density at radius 3 is 2.39 bits per heavy atom. The van der Waals surface area contributed by atoms with E-state index in [0.717, 1.165) is 24.6 Å². The Balaban J connectivity index is 2.20. The van der Waals surface area contributed by atoms with Gasteiger partial charge in [-0.25, -0.2) is 0 Å². The highest BCUT2D eigenvalue weighted by molar-refractivity contribution is 5.40. The zero-order valence-corrected chi connectivity index (χ0v) is 11.6. The molecule has 1 fully saturated rings. The Hall–Kier alpha value is -1.22. The van der Waals surface area contributed by atoms with Gasteiger partial charge in [-0.1, -0.05) is 6.92 Å². The lowest BCUT2D eigenvalue weighted by atomic mass is 9.90. The average Bonchev–Trinajstić information content (AvgIpc) is 2.46. The lowest BCUT2D eigenvalue weighted by molar-refractivity contribution is 0.217. The second kappa shape index (κ2) is 6.10.